The van der Waals surface area contributed by atoms with Crippen LogP contribution in [0.4, 0.5) is 26.0 Å². The molecule has 9 nitrogen and oxygen atoms in total. The van der Waals surface area contributed by atoms with E-state index >= 15 is 0 Å². The first-order valence-electron chi connectivity index (χ1n) is 13.5. The first kappa shape index (κ1) is 27.3. The van der Waals surface area contributed by atoms with Crippen molar-refractivity contribution in [3.8, 4) is 5.69 Å². The van der Waals surface area contributed by atoms with Crippen molar-refractivity contribution in [1.29, 1.82) is 0 Å². The van der Waals surface area contributed by atoms with Crippen LogP contribution in [0.15, 0.2) is 56.8 Å². The molecule has 1 saturated heterocycles. The Hall–Kier alpha value is -3.90. The van der Waals surface area contributed by atoms with Gasteiger partial charge in [0, 0.05) is 49.6 Å². The second kappa shape index (κ2) is 10.5. The van der Waals surface area contributed by atoms with Crippen molar-refractivity contribution in [3.63, 3.8) is 0 Å². The minimum Gasteiger partial charge on any atom is -0.338 e. The number of nitrogens with one attached hydrogen (secondary N) is 2. The van der Waals surface area contributed by atoms with Gasteiger partial charge in [-0.05, 0) is 69.0 Å². The summed E-state index contributed by atoms with van der Waals surface area (Å²) >= 11 is 1.29. The molecular weight excluding hydrogens is 550 g/mol. The molecule has 0 radical (unpaired) electrons. The average molecular weight is 581 g/mol. The molecule has 214 valence electrons. The predicted octanol–water partition coefficient (Wildman–Crippen LogP) is 4.70. The molecule has 2 aromatic heterocycles. The van der Waals surface area contributed by atoms with Crippen LogP contribution in [-0.4, -0.2) is 37.3 Å². The molecule has 2 N–H and O–H groups in total. The topological polar surface area (TPSA) is 93.3 Å². The van der Waals surface area contributed by atoms with E-state index in [0.29, 0.717) is 43.7 Å². The van der Waals surface area contributed by atoms with Crippen LogP contribution >= 0.6 is 12.1 Å². The predicted molar refractivity (Wildman–Crippen MR) is 159 cm³/mol. The highest BCUT2D eigenvalue weighted by atomic mass is 32.2. The number of alkyl halides is 1. The first-order chi connectivity index (χ1) is 19.6. The van der Waals surface area contributed by atoms with Gasteiger partial charge in [-0.1, -0.05) is 12.1 Å². The van der Waals surface area contributed by atoms with Crippen molar-refractivity contribution in [2.75, 3.05) is 23.1 Å². The van der Waals surface area contributed by atoms with Crippen LogP contribution in [-0.2, 0) is 7.05 Å². The molecule has 1 atom stereocenters. The number of hydrogen-bond acceptors (Lipinski definition) is 7. The highest BCUT2D eigenvalue weighted by molar-refractivity contribution is 7.98. The van der Waals surface area contributed by atoms with Gasteiger partial charge in [0.25, 0.3) is 11.1 Å². The summed E-state index contributed by atoms with van der Waals surface area (Å²) in [7, 11) is 1.52. The zero-order valence-electron chi connectivity index (χ0n) is 22.9. The summed E-state index contributed by atoms with van der Waals surface area (Å²) in [6.45, 7) is 4.29. The monoisotopic (exact) mass is 580 g/mol. The Labute approximate surface area is 238 Å². The highest BCUT2D eigenvalue weighted by Crippen LogP contribution is 2.34. The fourth-order valence-corrected chi connectivity index (χ4v) is 6.09. The molecule has 41 heavy (non-hydrogen) atoms. The second-order valence-corrected chi connectivity index (χ2v) is 11.6. The molecule has 2 fully saturated rings. The van der Waals surface area contributed by atoms with E-state index < -0.39 is 28.8 Å². The molecule has 1 aliphatic heterocycles. The smallest absolute Gasteiger partial charge is 0.336 e. The fourth-order valence-electron chi connectivity index (χ4n) is 5.30. The molecule has 1 unspecified atom stereocenters. The molecule has 2 aromatic carbocycles. The van der Waals surface area contributed by atoms with Crippen LogP contribution in [0.1, 0.15) is 36.4 Å². The second-order valence-electron chi connectivity index (χ2n) is 10.7. The fraction of sp³-hybridized carbons (Fsp3) is 0.345. The summed E-state index contributed by atoms with van der Waals surface area (Å²) in [4.78, 5) is 41.4. The Morgan fingerprint density at radius 1 is 1.00 bits per heavy atom. The normalized spacial score (nSPS) is 17.3. The van der Waals surface area contributed by atoms with Crippen LogP contribution in [0.5, 0.6) is 0 Å². The van der Waals surface area contributed by atoms with Crippen molar-refractivity contribution in [2.45, 2.75) is 45.3 Å². The van der Waals surface area contributed by atoms with Crippen molar-refractivity contribution < 1.29 is 8.78 Å². The molecule has 1 saturated carbocycles. The lowest BCUT2D eigenvalue weighted by molar-refractivity contribution is 0.349. The van der Waals surface area contributed by atoms with Crippen LogP contribution in [0, 0.1) is 19.7 Å². The molecule has 3 heterocycles. The van der Waals surface area contributed by atoms with Gasteiger partial charge in [0.2, 0.25) is 0 Å². The van der Waals surface area contributed by atoms with Crippen LogP contribution < -0.4 is 26.8 Å². The Morgan fingerprint density at radius 3 is 2.46 bits per heavy atom. The molecule has 0 amide bonds. The number of anilines is 3. The highest BCUT2D eigenvalue weighted by Gasteiger charge is 2.32. The number of aryl methyl sites for hydroxylation is 2. The van der Waals surface area contributed by atoms with Gasteiger partial charge in [0.05, 0.1) is 16.9 Å². The zero-order valence-corrected chi connectivity index (χ0v) is 23.7. The minimum absolute atomic E-state index is 0.103. The number of pyridine rings is 1. The Balaban J connectivity index is 1.56. The molecule has 6 rings (SSSR count). The quantitative estimate of drug-likeness (QED) is 0.306. The van der Waals surface area contributed by atoms with Crippen molar-refractivity contribution in [3.05, 3.63) is 90.6 Å². The van der Waals surface area contributed by atoms with Gasteiger partial charge in [-0.3, -0.25) is 23.3 Å². The van der Waals surface area contributed by atoms with Gasteiger partial charge in [0.1, 0.15) is 23.2 Å². The van der Waals surface area contributed by atoms with E-state index in [9.17, 15) is 23.2 Å². The number of rotatable bonds is 7. The largest absolute Gasteiger partial charge is 0.338 e. The van der Waals surface area contributed by atoms with Crippen molar-refractivity contribution >= 4 is 40.2 Å². The Bertz CT molecular complexity index is 1860. The summed E-state index contributed by atoms with van der Waals surface area (Å²) in [5.41, 5.74) is 0.828. The summed E-state index contributed by atoms with van der Waals surface area (Å²) in [5.74, 6) is -0.429. The number of benzene rings is 2. The molecule has 0 spiro atoms. The van der Waals surface area contributed by atoms with Crippen LogP contribution in [0.3, 0.4) is 0 Å². The van der Waals surface area contributed by atoms with E-state index in [2.05, 4.69) is 10.0 Å². The van der Waals surface area contributed by atoms with Gasteiger partial charge >= 0.3 is 5.69 Å². The Kier molecular flexibility index (Phi) is 6.98. The maximum atomic E-state index is 14.9. The van der Waals surface area contributed by atoms with E-state index in [0.717, 1.165) is 5.56 Å². The average Bonchev–Trinajstić information content (AvgIpc) is 3.69. The van der Waals surface area contributed by atoms with Crippen molar-refractivity contribution in [1.82, 2.24) is 18.0 Å². The van der Waals surface area contributed by atoms with Gasteiger partial charge in [-0.25, -0.2) is 17.9 Å². The molecular formula is C29H30F2N6O3S. The summed E-state index contributed by atoms with van der Waals surface area (Å²) in [6, 6.07) is 11.5. The lowest BCUT2D eigenvalue weighted by Crippen LogP contribution is -2.41. The molecule has 2 aliphatic rings. The molecule has 12 heteroatoms. The summed E-state index contributed by atoms with van der Waals surface area (Å²) in [5, 5.41) is 3.10. The molecule has 4 aromatic rings. The maximum absolute atomic E-state index is 14.9. The van der Waals surface area contributed by atoms with Crippen LogP contribution in [0.2, 0.25) is 0 Å². The van der Waals surface area contributed by atoms with E-state index in [1.807, 2.05) is 10.4 Å². The third-order valence-electron chi connectivity index (χ3n) is 7.62. The summed E-state index contributed by atoms with van der Waals surface area (Å²) < 4.78 is 37.5. The number of fused-ring (bicyclic) bond motifs is 1. The number of aromatic nitrogens is 3. The van der Waals surface area contributed by atoms with Gasteiger partial charge < -0.3 is 10.0 Å². The molecule has 0 bridgehead atoms. The van der Waals surface area contributed by atoms with E-state index in [4.69, 9.17) is 0 Å². The molecule has 1 aliphatic carbocycles. The number of nitrogens with zero attached hydrogens (tertiary/aromatic N) is 4. The van der Waals surface area contributed by atoms with Crippen LogP contribution in [0.25, 0.3) is 16.6 Å². The zero-order chi connectivity index (χ0) is 29.0. The van der Waals surface area contributed by atoms with Gasteiger partial charge in [0.15, 0.2) is 0 Å². The maximum Gasteiger partial charge on any atom is 0.336 e. The lowest BCUT2D eigenvalue weighted by atomic mass is 10.1. The van der Waals surface area contributed by atoms with Gasteiger partial charge in [-0.2, -0.15) is 0 Å². The minimum atomic E-state index is -0.856. The Morgan fingerprint density at radius 2 is 1.78 bits per heavy atom. The van der Waals surface area contributed by atoms with E-state index in [-0.39, 0.29) is 34.0 Å². The third kappa shape index (κ3) is 4.95. The van der Waals surface area contributed by atoms with Crippen molar-refractivity contribution in [2.24, 2.45) is 7.05 Å². The number of halogens is 2. The first-order valence-corrected chi connectivity index (χ1v) is 14.3. The summed E-state index contributed by atoms with van der Waals surface area (Å²) in [6.07, 6.45) is 0.996. The van der Waals surface area contributed by atoms with E-state index in [1.54, 1.807) is 44.2 Å². The lowest BCUT2D eigenvalue weighted by Gasteiger charge is -2.21. The number of hydrogen-bond donors (Lipinski definition) is 2. The van der Waals surface area contributed by atoms with Gasteiger partial charge in [-0.15, -0.1) is 0 Å². The third-order valence-corrected chi connectivity index (χ3v) is 8.54. The standard InChI is InChI=1S/C29H30F2N6O3S/c1-16-7-10-23(22(31)13-16)32-26-24-25(17(2)27(38)34(26)3)36(29(40)37(28(24)39)20-8-9-20)21-6-4-5-19(14-21)33-41-35-12-11-18(30)15-35/h4-7,10,13-14,18,20,32-33H,8-9,11-12,15H2,1-3H3. The van der Waals surface area contributed by atoms with E-state index in [1.165, 1.54) is 38.9 Å². The SMILES string of the molecule is Cc1ccc(Nc2c3c(=O)n(C4CC4)c(=O)n(-c4cccc(NSN5CCC(F)C5)c4)c3c(C)c(=O)n2C)c(F)c1.